The summed E-state index contributed by atoms with van der Waals surface area (Å²) in [6.07, 6.45) is 4.59. The van der Waals surface area contributed by atoms with Gasteiger partial charge in [-0.25, -0.2) is 0 Å². The molecule has 2 aromatic carbocycles. The predicted octanol–water partition coefficient (Wildman–Crippen LogP) is 4.13. The van der Waals surface area contributed by atoms with Crippen LogP contribution in [0.2, 0.25) is 0 Å². The number of benzene rings is 2. The number of carbonyl (C=O) groups excluding carboxylic acids is 2. The van der Waals surface area contributed by atoms with E-state index in [1.54, 1.807) is 7.11 Å². The number of hydrogen-bond donors (Lipinski definition) is 1. The van der Waals surface area contributed by atoms with Gasteiger partial charge in [0.25, 0.3) is 0 Å². The van der Waals surface area contributed by atoms with Gasteiger partial charge >= 0.3 is 0 Å². The molecule has 1 fully saturated rings. The van der Waals surface area contributed by atoms with Crippen LogP contribution in [-0.2, 0) is 16.0 Å². The fourth-order valence-corrected chi connectivity index (χ4v) is 4.12. The van der Waals surface area contributed by atoms with Crippen molar-refractivity contribution in [2.75, 3.05) is 20.2 Å². The SMILES string of the molecule is COc1ccc(CCC2CCN(C(=O)CC(NC(C)=O)c3ccccc3)CC2)cc1. The minimum Gasteiger partial charge on any atom is -0.497 e. The molecule has 0 spiro atoms. The van der Waals surface area contributed by atoms with E-state index in [9.17, 15) is 9.59 Å². The number of nitrogens with zero attached hydrogens (tertiary/aromatic N) is 1. The Hall–Kier alpha value is -2.82. The highest BCUT2D eigenvalue weighted by Gasteiger charge is 2.25. The van der Waals surface area contributed by atoms with Crippen molar-refractivity contribution in [3.8, 4) is 5.75 Å². The predicted molar refractivity (Wildman–Crippen MR) is 118 cm³/mol. The number of hydrogen-bond acceptors (Lipinski definition) is 3. The molecule has 0 saturated carbocycles. The zero-order valence-electron chi connectivity index (χ0n) is 18.0. The standard InChI is InChI=1S/C25H32N2O3/c1-19(28)26-24(22-6-4-3-5-7-22)18-25(29)27-16-14-21(15-17-27)9-8-20-10-12-23(30-2)13-11-20/h3-7,10-13,21,24H,8-9,14-18H2,1-2H3,(H,26,28). The highest BCUT2D eigenvalue weighted by Crippen LogP contribution is 2.25. The fraction of sp³-hybridized carbons (Fsp3) is 0.440. The first-order chi connectivity index (χ1) is 14.5. The summed E-state index contributed by atoms with van der Waals surface area (Å²) in [5.74, 6) is 1.54. The summed E-state index contributed by atoms with van der Waals surface area (Å²) in [6, 6.07) is 17.7. The van der Waals surface area contributed by atoms with E-state index in [0.29, 0.717) is 12.3 Å². The van der Waals surface area contributed by atoms with Crippen LogP contribution in [0.5, 0.6) is 5.75 Å². The van der Waals surface area contributed by atoms with Gasteiger partial charge in [0.05, 0.1) is 19.6 Å². The zero-order valence-corrected chi connectivity index (χ0v) is 18.0. The van der Waals surface area contributed by atoms with E-state index >= 15 is 0 Å². The topological polar surface area (TPSA) is 58.6 Å². The van der Waals surface area contributed by atoms with Crippen molar-refractivity contribution in [3.05, 3.63) is 65.7 Å². The van der Waals surface area contributed by atoms with Gasteiger partial charge in [0, 0.05) is 20.0 Å². The van der Waals surface area contributed by atoms with Crippen molar-refractivity contribution in [1.82, 2.24) is 10.2 Å². The lowest BCUT2D eigenvalue weighted by Gasteiger charge is -2.33. The van der Waals surface area contributed by atoms with E-state index < -0.39 is 0 Å². The summed E-state index contributed by atoms with van der Waals surface area (Å²) >= 11 is 0. The third-order valence-electron chi connectivity index (χ3n) is 5.93. The molecule has 5 nitrogen and oxygen atoms in total. The third-order valence-corrected chi connectivity index (χ3v) is 5.93. The van der Waals surface area contributed by atoms with Crippen LogP contribution in [0.25, 0.3) is 0 Å². The van der Waals surface area contributed by atoms with Gasteiger partial charge in [-0.15, -0.1) is 0 Å². The van der Waals surface area contributed by atoms with E-state index in [1.165, 1.54) is 12.5 Å². The number of rotatable bonds is 8. The normalized spacial score (nSPS) is 15.5. The van der Waals surface area contributed by atoms with Gasteiger partial charge in [-0.3, -0.25) is 9.59 Å². The van der Waals surface area contributed by atoms with E-state index in [4.69, 9.17) is 4.74 Å². The number of piperidine rings is 1. The quantitative estimate of drug-likeness (QED) is 0.714. The zero-order chi connectivity index (χ0) is 21.3. The lowest BCUT2D eigenvalue weighted by Crippen LogP contribution is -2.40. The van der Waals surface area contributed by atoms with Crippen LogP contribution in [-0.4, -0.2) is 36.9 Å². The molecular weight excluding hydrogens is 376 g/mol. The number of nitrogens with one attached hydrogen (secondary N) is 1. The number of likely N-dealkylation sites (tertiary alicyclic amines) is 1. The third kappa shape index (κ3) is 6.34. The van der Waals surface area contributed by atoms with Crippen molar-refractivity contribution in [1.29, 1.82) is 0 Å². The Bertz CT molecular complexity index is 812. The molecule has 160 valence electrons. The van der Waals surface area contributed by atoms with Gasteiger partial charge in [-0.1, -0.05) is 42.5 Å². The summed E-state index contributed by atoms with van der Waals surface area (Å²) in [7, 11) is 1.68. The van der Waals surface area contributed by atoms with Gasteiger partial charge in [0.15, 0.2) is 0 Å². The highest BCUT2D eigenvalue weighted by atomic mass is 16.5. The Labute approximate surface area is 179 Å². The summed E-state index contributed by atoms with van der Waals surface area (Å²) in [5.41, 5.74) is 2.30. The summed E-state index contributed by atoms with van der Waals surface area (Å²) in [6.45, 7) is 3.09. The second-order valence-corrected chi connectivity index (χ2v) is 8.08. The van der Waals surface area contributed by atoms with E-state index in [-0.39, 0.29) is 17.9 Å². The molecular formula is C25H32N2O3. The fourth-order valence-electron chi connectivity index (χ4n) is 4.12. The monoisotopic (exact) mass is 408 g/mol. The van der Waals surface area contributed by atoms with Gasteiger partial charge < -0.3 is 15.0 Å². The largest absolute Gasteiger partial charge is 0.497 e. The van der Waals surface area contributed by atoms with Gasteiger partial charge in [0.2, 0.25) is 11.8 Å². The van der Waals surface area contributed by atoms with E-state index in [1.807, 2.05) is 47.4 Å². The van der Waals surface area contributed by atoms with Crippen LogP contribution >= 0.6 is 0 Å². The molecule has 2 aromatic rings. The lowest BCUT2D eigenvalue weighted by molar-refractivity contribution is -0.133. The van der Waals surface area contributed by atoms with Crippen LogP contribution in [0.4, 0.5) is 0 Å². The average Bonchev–Trinajstić information content (AvgIpc) is 2.78. The van der Waals surface area contributed by atoms with Gasteiger partial charge in [-0.05, 0) is 54.9 Å². The average molecular weight is 409 g/mol. The van der Waals surface area contributed by atoms with Crippen molar-refractivity contribution in [3.63, 3.8) is 0 Å². The van der Waals surface area contributed by atoms with Gasteiger partial charge in [-0.2, -0.15) is 0 Å². The van der Waals surface area contributed by atoms with Crippen molar-refractivity contribution in [2.45, 2.75) is 45.1 Å². The van der Waals surface area contributed by atoms with Crippen LogP contribution in [0, 0.1) is 5.92 Å². The van der Waals surface area contributed by atoms with Crippen molar-refractivity contribution >= 4 is 11.8 Å². The van der Waals surface area contributed by atoms with Crippen LogP contribution < -0.4 is 10.1 Å². The number of methoxy groups -OCH3 is 1. The van der Waals surface area contributed by atoms with Crippen LogP contribution in [0.15, 0.2) is 54.6 Å². The number of aryl methyl sites for hydroxylation is 1. The highest BCUT2D eigenvalue weighted by molar-refractivity contribution is 5.79. The number of carbonyl (C=O) groups is 2. The Morgan fingerprint density at radius 1 is 1.07 bits per heavy atom. The smallest absolute Gasteiger partial charge is 0.224 e. The molecule has 5 heteroatoms. The first kappa shape index (κ1) is 21.9. The number of amides is 2. The molecule has 1 N–H and O–H groups in total. The van der Waals surface area contributed by atoms with Gasteiger partial charge in [0.1, 0.15) is 5.75 Å². The maximum absolute atomic E-state index is 12.9. The second kappa shape index (κ2) is 10.8. The lowest BCUT2D eigenvalue weighted by atomic mass is 9.90. The van der Waals surface area contributed by atoms with Crippen molar-refractivity contribution < 1.29 is 14.3 Å². The molecule has 2 amide bonds. The second-order valence-electron chi connectivity index (χ2n) is 8.08. The first-order valence-corrected chi connectivity index (χ1v) is 10.8. The number of ether oxygens (including phenoxy) is 1. The Morgan fingerprint density at radius 3 is 2.33 bits per heavy atom. The van der Waals surface area contributed by atoms with Crippen LogP contribution in [0.1, 0.15) is 49.8 Å². The molecule has 1 aliphatic rings. The Balaban J connectivity index is 1.47. The van der Waals surface area contributed by atoms with Crippen molar-refractivity contribution in [2.24, 2.45) is 5.92 Å². The molecule has 0 radical (unpaired) electrons. The molecule has 1 saturated heterocycles. The summed E-state index contributed by atoms with van der Waals surface area (Å²) in [4.78, 5) is 26.4. The molecule has 3 rings (SSSR count). The molecule has 0 aliphatic carbocycles. The maximum Gasteiger partial charge on any atom is 0.224 e. The molecule has 1 aliphatic heterocycles. The summed E-state index contributed by atoms with van der Waals surface area (Å²) < 4.78 is 5.21. The maximum atomic E-state index is 12.9. The Morgan fingerprint density at radius 2 is 1.73 bits per heavy atom. The first-order valence-electron chi connectivity index (χ1n) is 10.8. The van der Waals surface area contributed by atoms with E-state index in [0.717, 1.165) is 50.1 Å². The summed E-state index contributed by atoms with van der Waals surface area (Å²) in [5, 5.41) is 2.93. The molecule has 30 heavy (non-hydrogen) atoms. The molecule has 1 heterocycles. The van der Waals surface area contributed by atoms with Crippen LogP contribution in [0.3, 0.4) is 0 Å². The minimum atomic E-state index is -0.274. The molecule has 1 unspecified atom stereocenters. The molecule has 1 atom stereocenters. The minimum absolute atomic E-state index is 0.117. The molecule has 0 bridgehead atoms. The van der Waals surface area contributed by atoms with E-state index in [2.05, 4.69) is 17.4 Å². The molecule has 0 aromatic heterocycles. The Kier molecular flexibility index (Phi) is 7.89.